The van der Waals surface area contributed by atoms with Crippen molar-refractivity contribution in [3.63, 3.8) is 0 Å². The van der Waals surface area contributed by atoms with Gasteiger partial charge in [-0.2, -0.15) is 0 Å². The molecule has 1 aliphatic heterocycles. The predicted molar refractivity (Wildman–Crippen MR) is 115 cm³/mol. The van der Waals surface area contributed by atoms with E-state index in [1.165, 1.54) is 11.1 Å². The number of pyridine rings is 1. The maximum absolute atomic E-state index is 13.4. The van der Waals surface area contributed by atoms with E-state index in [0.717, 1.165) is 10.0 Å². The second-order valence-electron chi connectivity index (χ2n) is 6.64. The summed E-state index contributed by atoms with van der Waals surface area (Å²) in [6.45, 7) is 0. The maximum atomic E-state index is 13.4. The van der Waals surface area contributed by atoms with Crippen LogP contribution in [0.5, 0.6) is 0 Å². The van der Waals surface area contributed by atoms with Gasteiger partial charge in [-0.25, -0.2) is 4.98 Å². The van der Waals surface area contributed by atoms with Crippen LogP contribution in [0.2, 0.25) is 5.02 Å². The molecule has 7 heteroatoms. The number of para-hydroxylation sites is 1. The van der Waals surface area contributed by atoms with Gasteiger partial charge in [-0.05, 0) is 42.0 Å². The summed E-state index contributed by atoms with van der Waals surface area (Å²) >= 11 is 9.44. The third-order valence-corrected chi connectivity index (χ3v) is 5.62. The van der Waals surface area contributed by atoms with Gasteiger partial charge in [0, 0.05) is 10.7 Å². The van der Waals surface area contributed by atoms with Crippen LogP contribution in [0.25, 0.3) is 11.0 Å². The molecule has 0 bridgehead atoms. The summed E-state index contributed by atoms with van der Waals surface area (Å²) in [6.07, 6.45) is 1.47. The summed E-state index contributed by atoms with van der Waals surface area (Å²) < 4.78 is 6.74. The molecule has 5 rings (SSSR count). The van der Waals surface area contributed by atoms with E-state index in [0.29, 0.717) is 27.4 Å². The van der Waals surface area contributed by atoms with Crippen molar-refractivity contribution < 1.29 is 9.21 Å². The topological polar surface area (TPSA) is 63.4 Å². The molecule has 142 valence electrons. The lowest BCUT2D eigenvalue weighted by molar-refractivity contribution is 0.0970. The first-order chi connectivity index (χ1) is 14.0. The second-order valence-corrected chi connectivity index (χ2v) is 7.99. The van der Waals surface area contributed by atoms with Crippen LogP contribution >= 0.6 is 27.5 Å². The highest BCUT2D eigenvalue weighted by Crippen LogP contribution is 2.41. The summed E-state index contributed by atoms with van der Waals surface area (Å²) in [4.78, 5) is 32.5. The number of aromatic nitrogens is 1. The zero-order valence-corrected chi connectivity index (χ0v) is 17.1. The second kappa shape index (κ2) is 6.83. The first-order valence-corrected chi connectivity index (χ1v) is 9.98. The van der Waals surface area contributed by atoms with Crippen LogP contribution in [-0.2, 0) is 0 Å². The number of fused-ring (bicyclic) bond motifs is 2. The SMILES string of the molecule is O=C1c2oc3ccccc3c(=O)c2[C@@H](c2cccc(Br)c2)N1c1ccc(Cl)cn1. The Morgan fingerprint density at radius 1 is 1.03 bits per heavy atom. The fourth-order valence-corrected chi connectivity index (χ4v) is 4.19. The first-order valence-electron chi connectivity index (χ1n) is 8.81. The van der Waals surface area contributed by atoms with Crippen molar-refractivity contribution in [1.82, 2.24) is 4.98 Å². The molecule has 3 heterocycles. The van der Waals surface area contributed by atoms with Crippen LogP contribution in [-0.4, -0.2) is 10.9 Å². The molecule has 4 aromatic rings. The Labute approximate surface area is 178 Å². The van der Waals surface area contributed by atoms with Crippen molar-refractivity contribution in [1.29, 1.82) is 0 Å². The van der Waals surface area contributed by atoms with Gasteiger partial charge in [0.1, 0.15) is 11.4 Å². The Morgan fingerprint density at radius 3 is 2.62 bits per heavy atom. The standard InChI is InChI=1S/C22H12BrClN2O3/c23-13-5-3-4-12(10-13)19-18-20(27)15-6-1-2-7-16(15)29-21(18)22(28)26(19)17-9-8-14(24)11-25-17/h1-11,19H/t19-/m1/s1. The lowest BCUT2D eigenvalue weighted by Gasteiger charge is -2.24. The third kappa shape index (κ3) is 2.87. The van der Waals surface area contributed by atoms with Gasteiger partial charge >= 0.3 is 0 Å². The van der Waals surface area contributed by atoms with Crippen molar-refractivity contribution in [2.45, 2.75) is 6.04 Å². The van der Waals surface area contributed by atoms with Crippen LogP contribution < -0.4 is 10.3 Å². The van der Waals surface area contributed by atoms with E-state index < -0.39 is 11.9 Å². The molecule has 5 nitrogen and oxygen atoms in total. The molecule has 0 saturated heterocycles. The number of carbonyl (C=O) groups is 1. The number of benzene rings is 2. The average Bonchev–Trinajstić information content (AvgIpc) is 3.02. The van der Waals surface area contributed by atoms with Crippen LogP contribution in [0.3, 0.4) is 0 Å². The molecular weight excluding hydrogens is 456 g/mol. The van der Waals surface area contributed by atoms with E-state index in [-0.39, 0.29) is 11.2 Å². The van der Waals surface area contributed by atoms with Crippen LogP contribution in [0.15, 0.2) is 80.5 Å². The zero-order chi connectivity index (χ0) is 20.1. The predicted octanol–water partition coefficient (Wildman–Crippen LogP) is 5.35. The van der Waals surface area contributed by atoms with Crippen LogP contribution in [0.4, 0.5) is 5.82 Å². The summed E-state index contributed by atoms with van der Waals surface area (Å²) in [5.74, 6) is 0.0114. The van der Waals surface area contributed by atoms with E-state index >= 15 is 0 Å². The largest absolute Gasteiger partial charge is 0.450 e. The van der Waals surface area contributed by atoms with Gasteiger partial charge < -0.3 is 4.42 Å². The van der Waals surface area contributed by atoms with Gasteiger partial charge in [0.05, 0.1) is 22.0 Å². The number of anilines is 1. The van der Waals surface area contributed by atoms with Crippen molar-refractivity contribution in [3.8, 4) is 0 Å². The van der Waals surface area contributed by atoms with E-state index in [2.05, 4.69) is 20.9 Å². The Hall–Kier alpha value is -2.96. The van der Waals surface area contributed by atoms with Crippen molar-refractivity contribution in [2.75, 3.05) is 4.90 Å². The fraction of sp³-hybridized carbons (Fsp3) is 0.0455. The van der Waals surface area contributed by atoms with Crippen molar-refractivity contribution >= 4 is 50.2 Å². The first kappa shape index (κ1) is 18.1. The summed E-state index contributed by atoms with van der Waals surface area (Å²) in [5.41, 5.74) is 1.23. The minimum Gasteiger partial charge on any atom is -0.450 e. The molecule has 0 N–H and O–H groups in total. The van der Waals surface area contributed by atoms with E-state index in [1.807, 2.05) is 24.3 Å². The summed E-state index contributed by atoms with van der Waals surface area (Å²) in [5, 5.41) is 0.891. The number of hydrogen-bond donors (Lipinski definition) is 0. The minimum atomic E-state index is -0.662. The number of rotatable bonds is 2. The molecule has 0 radical (unpaired) electrons. The molecule has 0 spiro atoms. The molecule has 2 aromatic heterocycles. The van der Waals surface area contributed by atoms with Crippen LogP contribution in [0.1, 0.15) is 27.7 Å². The highest BCUT2D eigenvalue weighted by Gasteiger charge is 2.44. The number of halogens is 2. The normalized spacial score (nSPS) is 15.7. The smallest absolute Gasteiger partial charge is 0.296 e. The van der Waals surface area contributed by atoms with Crippen LogP contribution in [0, 0.1) is 0 Å². The zero-order valence-electron chi connectivity index (χ0n) is 14.8. The molecule has 0 aliphatic carbocycles. The van der Waals surface area contributed by atoms with Gasteiger partial charge in [-0.15, -0.1) is 0 Å². The quantitative estimate of drug-likeness (QED) is 0.398. The number of nitrogens with zero attached hydrogens (tertiary/aromatic N) is 2. The highest BCUT2D eigenvalue weighted by molar-refractivity contribution is 9.10. The molecule has 1 atom stereocenters. The van der Waals surface area contributed by atoms with E-state index in [4.69, 9.17) is 16.0 Å². The van der Waals surface area contributed by atoms with Gasteiger partial charge in [0.15, 0.2) is 5.43 Å². The molecule has 29 heavy (non-hydrogen) atoms. The van der Waals surface area contributed by atoms with Crippen molar-refractivity contribution in [2.24, 2.45) is 0 Å². The maximum Gasteiger partial charge on any atom is 0.296 e. The Morgan fingerprint density at radius 2 is 1.86 bits per heavy atom. The van der Waals surface area contributed by atoms with E-state index in [9.17, 15) is 9.59 Å². The Kier molecular flexibility index (Phi) is 4.26. The molecular formula is C22H12BrClN2O3. The fourth-order valence-electron chi connectivity index (χ4n) is 3.66. The number of carbonyl (C=O) groups excluding carboxylic acids is 1. The lowest BCUT2D eigenvalue weighted by atomic mass is 9.98. The van der Waals surface area contributed by atoms with Gasteiger partial charge in [0.2, 0.25) is 5.76 Å². The number of amides is 1. The number of hydrogen-bond acceptors (Lipinski definition) is 4. The Bertz CT molecular complexity index is 1330. The monoisotopic (exact) mass is 466 g/mol. The van der Waals surface area contributed by atoms with Gasteiger partial charge in [-0.1, -0.05) is 51.8 Å². The van der Waals surface area contributed by atoms with Gasteiger partial charge in [0.25, 0.3) is 5.91 Å². The lowest BCUT2D eigenvalue weighted by Crippen LogP contribution is -2.30. The minimum absolute atomic E-state index is 0.0374. The highest BCUT2D eigenvalue weighted by atomic mass is 79.9. The molecule has 1 aliphatic rings. The molecule has 0 unspecified atom stereocenters. The average molecular weight is 468 g/mol. The molecule has 1 amide bonds. The molecule has 2 aromatic carbocycles. The van der Waals surface area contributed by atoms with E-state index in [1.54, 1.807) is 36.4 Å². The van der Waals surface area contributed by atoms with Gasteiger partial charge in [-0.3, -0.25) is 14.5 Å². The molecule has 0 fully saturated rings. The third-order valence-electron chi connectivity index (χ3n) is 4.90. The molecule has 0 saturated carbocycles. The Balaban J connectivity index is 1.82. The summed E-state index contributed by atoms with van der Waals surface area (Å²) in [7, 11) is 0. The van der Waals surface area contributed by atoms with Crippen molar-refractivity contribution in [3.05, 3.63) is 103 Å². The summed E-state index contributed by atoms with van der Waals surface area (Å²) in [6, 6.07) is 17.1.